The lowest BCUT2D eigenvalue weighted by molar-refractivity contribution is 0.102. The van der Waals surface area contributed by atoms with E-state index in [0.29, 0.717) is 22.5 Å². The number of ether oxygens (including phenoxy) is 1. The minimum Gasteiger partial charge on any atom is -0.493 e. The molecule has 3 rings (SSSR count). The van der Waals surface area contributed by atoms with E-state index in [4.69, 9.17) is 9.15 Å². The highest BCUT2D eigenvalue weighted by molar-refractivity contribution is 6.05. The first-order valence-corrected chi connectivity index (χ1v) is 6.52. The zero-order valence-electron chi connectivity index (χ0n) is 11.7. The van der Waals surface area contributed by atoms with E-state index in [1.165, 1.54) is 13.2 Å². The Bertz CT molecular complexity index is 888. The fourth-order valence-corrected chi connectivity index (χ4v) is 2.06. The number of para-hydroxylation sites is 1. The first-order valence-electron chi connectivity index (χ1n) is 6.52. The molecule has 3 aromatic rings. The Labute approximate surface area is 125 Å². The molecule has 0 saturated carbocycles. The van der Waals surface area contributed by atoms with E-state index in [1.807, 2.05) is 0 Å². The van der Waals surface area contributed by atoms with Gasteiger partial charge < -0.3 is 14.5 Å². The number of methoxy groups -OCH3 is 1. The third-order valence-corrected chi connectivity index (χ3v) is 3.09. The second kappa shape index (κ2) is 5.69. The summed E-state index contributed by atoms with van der Waals surface area (Å²) >= 11 is 0. The maximum Gasteiger partial charge on any atom is 0.349 e. The number of nitrogens with zero attached hydrogens (tertiary/aromatic N) is 1. The summed E-state index contributed by atoms with van der Waals surface area (Å²) in [6.07, 6.45) is 1.54. The largest absolute Gasteiger partial charge is 0.493 e. The number of amides is 1. The van der Waals surface area contributed by atoms with E-state index in [-0.39, 0.29) is 5.56 Å². The van der Waals surface area contributed by atoms with Gasteiger partial charge in [-0.1, -0.05) is 18.2 Å². The molecule has 0 fully saturated rings. The average molecular weight is 296 g/mol. The van der Waals surface area contributed by atoms with Crippen LogP contribution >= 0.6 is 0 Å². The van der Waals surface area contributed by atoms with Gasteiger partial charge in [-0.05, 0) is 24.3 Å². The molecule has 0 saturated heterocycles. The van der Waals surface area contributed by atoms with Crippen LogP contribution < -0.4 is 15.7 Å². The van der Waals surface area contributed by atoms with Crippen LogP contribution in [-0.4, -0.2) is 18.0 Å². The number of aromatic nitrogens is 1. The Morgan fingerprint density at radius 3 is 2.82 bits per heavy atom. The smallest absolute Gasteiger partial charge is 0.349 e. The van der Waals surface area contributed by atoms with Crippen LogP contribution in [0.1, 0.15) is 10.4 Å². The zero-order valence-corrected chi connectivity index (χ0v) is 11.7. The lowest BCUT2D eigenvalue weighted by atomic mass is 10.1. The number of fused-ring (bicyclic) bond motifs is 1. The molecule has 2 heterocycles. The number of carbonyl (C=O) groups excluding carboxylic acids is 1. The van der Waals surface area contributed by atoms with Gasteiger partial charge in [0.2, 0.25) is 0 Å². The van der Waals surface area contributed by atoms with Crippen molar-refractivity contribution in [2.24, 2.45) is 0 Å². The summed E-state index contributed by atoms with van der Waals surface area (Å²) in [5.41, 5.74) is -0.513. The van der Waals surface area contributed by atoms with Crippen molar-refractivity contribution in [2.45, 2.75) is 0 Å². The van der Waals surface area contributed by atoms with Gasteiger partial charge in [-0.2, -0.15) is 0 Å². The van der Waals surface area contributed by atoms with E-state index in [9.17, 15) is 9.59 Å². The molecule has 0 bridgehead atoms. The summed E-state index contributed by atoms with van der Waals surface area (Å²) in [6.45, 7) is 0. The van der Waals surface area contributed by atoms with Crippen molar-refractivity contribution >= 4 is 22.7 Å². The number of hydrogen-bond donors (Lipinski definition) is 1. The standard InChI is InChI=1S/C16H12N2O4/c1-21-12-6-4-5-10-9-11(16(20)22-14(10)12)15(19)18-13-7-2-3-8-17-13/h2-9H,1H3,(H,17,18,19). The van der Waals surface area contributed by atoms with Gasteiger partial charge in [-0.25, -0.2) is 9.78 Å². The highest BCUT2D eigenvalue weighted by atomic mass is 16.5. The third-order valence-electron chi connectivity index (χ3n) is 3.09. The van der Waals surface area contributed by atoms with Crippen LogP contribution in [-0.2, 0) is 0 Å². The summed E-state index contributed by atoms with van der Waals surface area (Å²) in [5.74, 6) is 0.223. The van der Waals surface area contributed by atoms with Crippen molar-refractivity contribution in [2.75, 3.05) is 12.4 Å². The number of carbonyl (C=O) groups is 1. The molecular weight excluding hydrogens is 284 g/mol. The quantitative estimate of drug-likeness (QED) is 0.751. The first-order chi connectivity index (χ1) is 10.7. The molecule has 0 spiro atoms. The van der Waals surface area contributed by atoms with Gasteiger partial charge in [0.1, 0.15) is 11.4 Å². The fourth-order valence-electron chi connectivity index (χ4n) is 2.06. The van der Waals surface area contributed by atoms with Gasteiger partial charge in [0.25, 0.3) is 5.91 Å². The predicted molar refractivity (Wildman–Crippen MR) is 81.2 cm³/mol. The molecule has 0 radical (unpaired) electrons. The zero-order chi connectivity index (χ0) is 15.5. The summed E-state index contributed by atoms with van der Waals surface area (Å²) in [6, 6.07) is 11.7. The SMILES string of the molecule is COc1cccc2cc(C(=O)Nc3ccccn3)c(=O)oc12. The molecule has 110 valence electrons. The van der Waals surface area contributed by atoms with Crippen LogP contribution in [0.2, 0.25) is 0 Å². The average Bonchev–Trinajstić information content (AvgIpc) is 2.54. The topological polar surface area (TPSA) is 81.4 Å². The van der Waals surface area contributed by atoms with Gasteiger partial charge in [0, 0.05) is 11.6 Å². The van der Waals surface area contributed by atoms with E-state index >= 15 is 0 Å². The maximum absolute atomic E-state index is 12.2. The van der Waals surface area contributed by atoms with E-state index in [2.05, 4.69) is 10.3 Å². The summed E-state index contributed by atoms with van der Waals surface area (Å²) < 4.78 is 10.3. The monoisotopic (exact) mass is 296 g/mol. The summed E-state index contributed by atoms with van der Waals surface area (Å²) in [4.78, 5) is 28.2. The number of hydrogen-bond acceptors (Lipinski definition) is 5. The van der Waals surface area contributed by atoms with E-state index < -0.39 is 11.5 Å². The van der Waals surface area contributed by atoms with Crippen molar-refractivity contribution in [3.63, 3.8) is 0 Å². The Balaban J connectivity index is 2.02. The minimum atomic E-state index is -0.731. The molecule has 0 aliphatic rings. The second-order valence-electron chi connectivity index (χ2n) is 4.50. The van der Waals surface area contributed by atoms with Crippen molar-refractivity contribution in [3.8, 4) is 5.75 Å². The second-order valence-corrected chi connectivity index (χ2v) is 4.50. The lowest BCUT2D eigenvalue weighted by Gasteiger charge is -2.06. The number of anilines is 1. The first kappa shape index (κ1) is 13.8. The molecular formula is C16H12N2O4. The fraction of sp³-hybridized carbons (Fsp3) is 0.0625. The Hall–Kier alpha value is -3.15. The van der Waals surface area contributed by atoms with Crippen molar-refractivity contribution < 1.29 is 13.9 Å². The van der Waals surface area contributed by atoms with Gasteiger partial charge in [-0.15, -0.1) is 0 Å². The molecule has 2 aromatic heterocycles. The van der Waals surface area contributed by atoms with Gasteiger partial charge in [0.05, 0.1) is 7.11 Å². The van der Waals surface area contributed by atoms with Gasteiger partial charge in [-0.3, -0.25) is 4.79 Å². The highest BCUT2D eigenvalue weighted by Gasteiger charge is 2.15. The predicted octanol–water partition coefficient (Wildman–Crippen LogP) is 2.45. The molecule has 0 unspecified atom stereocenters. The van der Waals surface area contributed by atoms with Crippen LogP contribution in [0.25, 0.3) is 11.0 Å². The molecule has 1 amide bonds. The van der Waals surface area contributed by atoms with Gasteiger partial charge in [0.15, 0.2) is 11.3 Å². The Kier molecular flexibility index (Phi) is 3.57. The van der Waals surface area contributed by atoms with Crippen LogP contribution in [0.5, 0.6) is 5.75 Å². The molecule has 0 aliphatic heterocycles. The molecule has 6 nitrogen and oxygen atoms in total. The van der Waals surface area contributed by atoms with E-state index in [0.717, 1.165) is 0 Å². The number of nitrogens with one attached hydrogen (secondary N) is 1. The van der Waals surface area contributed by atoms with Crippen molar-refractivity contribution in [1.82, 2.24) is 4.98 Å². The normalized spacial score (nSPS) is 10.4. The number of rotatable bonds is 3. The van der Waals surface area contributed by atoms with Gasteiger partial charge >= 0.3 is 5.63 Å². The molecule has 22 heavy (non-hydrogen) atoms. The van der Waals surface area contributed by atoms with Crippen LogP contribution in [0, 0.1) is 0 Å². The molecule has 6 heteroatoms. The lowest BCUT2D eigenvalue weighted by Crippen LogP contribution is -2.21. The number of pyridine rings is 1. The third kappa shape index (κ3) is 2.54. The number of benzene rings is 1. The molecule has 0 atom stereocenters. The van der Waals surface area contributed by atoms with Crippen molar-refractivity contribution in [3.05, 3.63) is 64.6 Å². The van der Waals surface area contributed by atoms with Crippen LogP contribution in [0.4, 0.5) is 5.82 Å². The van der Waals surface area contributed by atoms with E-state index in [1.54, 1.807) is 42.6 Å². The maximum atomic E-state index is 12.2. The van der Waals surface area contributed by atoms with Crippen LogP contribution in [0.3, 0.4) is 0 Å². The Morgan fingerprint density at radius 2 is 2.09 bits per heavy atom. The molecule has 1 N–H and O–H groups in total. The minimum absolute atomic E-state index is 0.0913. The summed E-state index contributed by atoms with van der Waals surface area (Å²) in [7, 11) is 1.48. The molecule has 0 aliphatic carbocycles. The Morgan fingerprint density at radius 1 is 1.23 bits per heavy atom. The molecule has 1 aromatic carbocycles. The van der Waals surface area contributed by atoms with Crippen LogP contribution in [0.15, 0.2) is 57.9 Å². The summed E-state index contributed by atoms with van der Waals surface area (Å²) in [5, 5.41) is 3.15. The van der Waals surface area contributed by atoms with Crippen molar-refractivity contribution in [1.29, 1.82) is 0 Å². The highest BCUT2D eigenvalue weighted by Crippen LogP contribution is 2.24.